The summed E-state index contributed by atoms with van der Waals surface area (Å²) >= 11 is 1.56. The smallest absolute Gasteiger partial charge is 0.335 e. The van der Waals surface area contributed by atoms with Crippen LogP contribution in [0.3, 0.4) is 0 Å². The third kappa shape index (κ3) is 3.08. The Bertz CT molecular complexity index is 701. The van der Waals surface area contributed by atoms with Crippen molar-refractivity contribution in [3.63, 3.8) is 0 Å². The molecule has 0 atom stereocenters. The van der Waals surface area contributed by atoms with Crippen LogP contribution in [0.15, 0.2) is 29.4 Å². The Morgan fingerprint density at radius 2 is 2.19 bits per heavy atom. The van der Waals surface area contributed by atoms with Crippen LogP contribution >= 0.6 is 11.8 Å². The van der Waals surface area contributed by atoms with Crippen molar-refractivity contribution in [3.05, 3.63) is 52.3 Å². The lowest BCUT2D eigenvalue weighted by Crippen LogP contribution is -1.99. The van der Waals surface area contributed by atoms with Gasteiger partial charge in [-0.2, -0.15) is 0 Å². The monoisotopic (exact) mass is 300 g/mol. The van der Waals surface area contributed by atoms with Gasteiger partial charge in [-0.1, -0.05) is 23.9 Å². The molecule has 21 heavy (non-hydrogen) atoms. The zero-order chi connectivity index (χ0) is 14.8. The minimum absolute atomic E-state index is 0.319. The van der Waals surface area contributed by atoms with Gasteiger partial charge >= 0.3 is 5.97 Å². The highest BCUT2D eigenvalue weighted by molar-refractivity contribution is 7.98. The van der Waals surface area contributed by atoms with Crippen LogP contribution in [0.1, 0.15) is 39.3 Å². The number of fused-ring (bicyclic) bond motifs is 1. The van der Waals surface area contributed by atoms with Crippen molar-refractivity contribution in [2.75, 3.05) is 0 Å². The Morgan fingerprint density at radius 3 is 3.00 bits per heavy atom. The highest BCUT2D eigenvalue weighted by Gasteiger charge is 2.17. The minimum Gasteiger partial charge on any atom is -0.478 e. The van der Waals surface area contributed by atoms with Crippen molar-refractivity contribution in [2.24, 2.45) is 0 Å². The summed E-state index contributed by atoms with van der Waals surface area (Å²) in [4.78, 5) is 20.1. The van der Waals surface area contributed by atoms with Crippen molar-refractivity contribution in [1.29, 1.82) is 0 Å². The summed E-state index contributed by atoms with van der Waals surface area (Å²) in [6, 6.07) is 7.01. The standard InChI is InChI=1S/C16H16N2O2S/c1-10-13-6-3-7-14(13)18-16(17-10)21-9-11-4-2-5-12(8-11)15(19)20/h2,4-5,8H,3,6-7,9H2,1H3,(H,19,20). The summed E-state index contributed by atoms with van der Waals surface area (Å²) < 4.78 is 0. The maximum atomic E-state index is 11.0. The molecule has 0 saturated heterocycles. The molecule has 0 unspecified atom stereocenters. The van der Waals surface area contributed by atoms with Gasteiger partial charge in [-0.15, -0.1) is 0 Å². The first-order valence-electron chi connectivity index (χ1n) is 6.95. The maximum absolute atomic E-state index is 11.0. The van der Waals surface area contributed by atoms with Gasteiger partial charge in [0.15, 0.2) is 5.16 Å². The molecule has 1 heterocycles. The molecule has 0 bridgehead atoms. The lowest BCUT2D eigenvalue weighted by molar-refractivity contribution is 0.0697. The molecule has 1 aromatic carbocycles. The molecule has 0 amide bonds. The number of nitrogens with zero attached hydrogens (tertiary/aromatic N) is 2. The van der Waals surface area contributed by atoms with Crippen molar-refractivity contribution >= 4 is 17.7 Å². The van der Waals surface area contributed by atoms with E-state index in [-0.39, 0.29) is 0 Å². The Morgan fingerprint density at radius 1 is 1.33 bits per heavy atom. The molecule has 1 aliphatic rings. The van der Waals surface area contributed by atoms with Crippen LogP contribution in [0.2, 0.25) is 0 Å². The Kier molecular flexibility index (Phi) is 3.92. The molecule has 1 N–H and O–H groups in total. The van der Waals surface area contributed by atoms with Crippen molar-refractivity contribution in [1.82, 2.24) is 9.97 Å². The number of aryl methyl sites for hydroxylation is 2. The van der Waals surface area contributed by atoms with E-state index in [1.165, 1.54) is 17.7 Å². The van der Waals surface area contributed by atoms with Gasteiger partial charge < -0.3 is 5.11 Å². The van der Waals surface area contributed by atoms with Crippen molar-refractivity contribution in [2.45, 2.75) is 37.1 Å². The van der Waals surface area contributed by atoms with Crippen LogP contribution in [-0.2, 0) is 18.6 Å². The summed E-state index contributed by atoms with van der Waals surface area (Å²) in [7, 11) is 0. The molecule has 4 nitrogen and oxygen atoms in total. The highest BCUT2D eigenvalue weighted by atomic mass is 32.2. The van der Waals surface area contributed by atoms with Gasteiger partial charge in [0.05, 0.1) is 5.56 Å². The van der Waals surface area contributed by atoms with E-state index in [0.29, 0.717) is 11.3 Å². The van der Waals surface area contributed by atoms with Crippen LogP contribution in [-0.4, -0.2) is 21.0 Å². The normalized spacial score (nSPS) is 13.2. The van der Waals surface area contributed by atoms with E-state index in [0.717, 1.165) is 29.3 Å². The largest absolute Gasteiger partial charge is 0.478 e. The van der Waals surface area contributed by atoms with Crippen LogP contribution < -0.4 is 0 Å². The van der Waals surface area contributed by atoms with Crippen LogP contribution in [0, 0.1) is 6.92 Å². The number of aromatic carboxylic acids is 1. The summed E-state index contributed by atoms with van der Waals surface area (Å²) in [5.41, 5.74) is 4.87. The van der Waals surface area contributed by atoms with Crippen LogP contribution in [0.5, 0.6) is 0 Å². The van der Waals surface area contributed by atoms with Gasteiger partial charge in [0.2, 0.25) is 0 Å². The second-order valence-corrected chi connectivity index (χ2v) is 6.11. The topological polar surface area (TPSA) is 63.1 Å². The number of carboxylic acids is 1. The zero-order valence-electron chi connectivity index (χ0n) is 11.8. The average molecular weight is 300 g/mol. The van der Waals surface area contributed by atoms with E-state index in [9.17, 15) is 4.79 Å². The number of hydrogen-bond acceptors (Lipinski definition) is 4. The fourth-order valence-corrected chi connectivity index (χ4v) is 3.45. The lowest BCUT2D eigenvalue weighted by Gasteiger charge is -2.07. The van der Waals surface area contributed by atoms with Crippen LogP contribution in [0.25, 0.3) is 0 Å². The van der Waals surface area contributed by atoms with E-state index in [4.69, 9.17) is 5.11 Å². The fourth-order valence-electron chi connectivity index (χ4n) is 2.60. The Balaban J connectivity index is 1.75. The quantitative estimate of drug-likeness (QED) is 0.693. The molecule has 0 radical (unpaired) electrons. The summed E-state index contributed by atoms with van der Waals surface area (Å²) in [6.45, 7) is 2.04. The molecule has 0 aliphatic heterocycles. The van der Waals surface area contributed by atoms with E-state index in [2.05, 4.69) is 9.97 Å². The summed E-state index contributed by atoms with van der Waals surface area (Å²) in [5, 5.41) is 9.79. The third-order valence-corrected chi connectivity index (χ3v) is 4.58. The van der Waals surface area contributed by atoms with E-state index in [1.807, 2.05) is 13.0 Å². The van der Waals surface area contributed by atoms with Crippen molar-refractivity contribution in [3.8, 4) is 0 Å². The number of thioether (sulfide) groups is 1. The molecule has 0 saturated carbocycles. The van der Waals surface area contributed by atoms with Gasteiger partial charge in [0.25, 0.3) is 0 Å². The first-order valence-corrected chi connectivity index (χ1v) is 7.93. The van der Waals surface area contributed by atoms with E-state index >= 15 is 0 Å². The minimum atomic E-state index is -0.897. The molecule has 0 spiro atoms. The Labute approximate surface area is 127 Å². The molecule has 2 aromatic rings. The number of hydrogen-bond donors (Lipinski definition) is 1. The van der Waals surface area contributed by atoms with Gasteiger partial charge in [-0.3, -0.25) is 0 Å². The van der Waals surface area contributed by atoms with Gasteiger partial charge in [-0.05, 0) is 49.4 Å². The highest BCUT2D eigenvalue weighted by Crippen LogP contribution is 2.27. The van der Waals surface area contributed by atoms with Crippen molar-refractivity contribution < 1.29 is 9.90 Å². The predicted molar refractivity (Wildman–Crippen MR) is 81.8 cm³/mol. The molecular formula is C16H16N2O2S. The number of carboxylic acid groups (broad SMARTS) is 1. The summed E-state index contributed by atoms with van der Waals surface area (Å²) in [6.07, 6.45) is 3.30. The first kappa shape index (κ1) is 14.1. The molecule has 1 aromatic heterocycles. The van der Waals surface area contributed by atoms with Gasteiger partial charge in [0.1, 0.15) is 0 Å². The average Bonchev–Trinajstić information content (AvgIpc) is 2.94. The fraction of sp³-hybridized carbons (Fsp3) is 0.312. The number of rotatable bonds is 4. The maximum Gasteiger partial charge on any atom is 0.335 e. The zero-order valence-corrected chi connectivity index (χ0v) is 12.6. The molecule has 0 fully saturated rings. The molecule has 108 valence electrons. The van der Waals surface area contributed by atoms with Gasteiger partial charge in [0, 0.05) is 17.1 Å². The first-order chi connectivity index (χ1) is 10.1. The summed E-state index contributed by atoms with van der Waals surface area (Å²) in [5.74, 6) is -0.217. The van der Waals surface area contributed by atoms with E-state index in [1.54, 1.807) is 30.0 Å². The van der Waals surface area contributed by atoms with Crippen LogP contribution in [0.4, 0.5) is 0 Å². The molecule has 3 rings (SSSR count). The second-order valence-electron chi connectivity index (χ2n) is 5.16. The number of carbonyl (C=O) groups is 1. The number of benzene rings is 1. The third-order valence-electron chi connectivity index (χ3n) is 3.66. The number of aromatic nitrogens is 2. The SMILES string of the molecule is Cc1nc(SCc2cccc(C(=O)O)c2)nc2c1CCC2. The molecule has 1 aliphatic carbocycles. The lowest BCUT2D eigenvalue weighted by atomic mass is 10.1. The Hall–Kier alpha value is -1.88. The van der Waals surface area contributed by atoms with Gasteiger partial charge in [-0.25, -0.2) is 14.8 Å². The molecular weight excluding hydrogens is 284 g/mol. The van der Waals surface area contributed by atoms with E-state index < -0.39 is 5.97 Å². The second kappa shape index (κ2) is 5.85. The molecule has 5 heteroatoms. The predicted octanol–water partition coefficient (Wildman–Crippen LogP) is 3.26.